The summed E-state index contributed by atoms with van der Waals surface area (Å²) in [6, 6.07) is 8.57. The van der Waals surface area contributed by atoms with Crippen LogP contribution in [0.25, 0.3) is 0 Å². The second-order valence-electron chi connectivity index (χ2n) is 5.45. The summed E-state index contributed by atoms with van der Waals surface area (Å²) < 4.78 is 5.29. The summed E-state index contributed by atoms with van der Waals surface area (Å²) in [6.45, 7) is 0. The molecule has 0 saturated heterocycles. The molecule has 1 atom stereocenters. The van der Waals surface area contributed by atoms with Crippen molar-refractivity contribution in [2.75, 3.05) is 7.05 Å². The number of fused-ring (bicyclic) bond motifs is 1. The molecule has 0 radical (unpaired) electrons. The molecule has 5 heteroatoms. The van der Waals surface area contributed by atoms with E-state index >= 15 is 0 Å². The highest BCUT2D eigenvalue weighted by atomic mass is 16.5. The molecule has 21 heavy (non-hydrogen) atoms. The molecule has 1 unspecified atom stereocenters. The molecule has 3 rings (SSSR count). The number of aryl methyl sites for hydroxylation is 1. The van der Waals surface area contributed by atoms with Gasteiger partial charge in [-0.3, -0.25) is 4.79 Å². The van der Waals surface area contributed by atoms with Crippen molar-refractivity contribution in [2.45, 2.75) is 38.0 Å². The van der Waals surface area contributed by atoms with Gasteiger partial charge in [-0.2, -0.15) is 4.98 Å². The number of aromatic nitrogens is 2. The average Bonchev–Trinajstić information content (AvgIpc) is 2.94. The third kappa shape index (κ3) is 3.12. The Bertz CT molecular complexity index is 636. The Morgan fingerprint density at radius 1 is 1.43 bits per heavy atom. The predicted octanol–water partition coefficient (Wildman–Crippen LogP) is 2.02. The minimum absolute atomic E-state index is 0.106. The maximum atomic E-state index is 11.3. The standard InChI is InChI=1S/C16H19N3O2/c1-17-15(20)10-14-18-16(21-19-14)9-12-7-4-6-11-5-2-3-8-13(11)12/h2-3,5,8,12H,4,6-7,9-10H2,1H3,(H,17,20). The Morgan fingerprint density at radius 2 is 2.29 bits per heavy atom. The van der Waals surface area contributed by atoms with Crippen molar-refractivity contribution in [3.63, 3.8) is 0 Å². The smallest absolute Gasteiger partial charge is 0.227 e. The van der Waals surface area contributed by atoms with E-state index in [-0.39, 0.29) is 12.3 Å². The lowest BCUT2D eigenvalue weighted by molar-refractivity contribution is -0.120. The van der Waals surface area contributed by atoms with Crippen LogP contribution in [0.2, 0.25) is 0 Å². The van der Waals surface area contributed by atoms with Crippen molar-refractivity contribution in [3.05, 3.63) is 47.1 Å². The van der Waals surface area contributed by atoms with E-state index in [1.165, 1.54) is 17.5 Å². The molecule has 2 aromatic rings. The zero-order valence-electron chi connectivity index (χ0n) is 12.1. The zero-order valence-corrected chi connectivity index (χ0v) is 12.1. The van der Waals surface area contributed by atoms with E-state index in [1.54, 1.807) is 7.05 Å². The second kappa shape index (κ2) is 6.08. The number of likely N-dealkylation sites (N-methyl/N-ethyl adjacent to an activating group) is 1. The van der Waals surface area contributed by atoms with Gasteiger partial charge in [0.2, 0.25) is 11.8 Å². The Balaban J connectivity index is 1.72. The number of nitrogens with one attached hydrogen (secondary N) is 1. The van der Waals surface area contributed by atoms with Crippen LogP contribution in [0.15, 0.2) is 28.8 Å². The zero-order chi connectivity index (χ0) is 14.7. The largest absolute Gasteiger partial charge is 0.359 e. The molecular weight excluding hydrogens is 266 g/mol. The van der Waals surface area contributed by atoms with Crippen molar-refractivity contribution >= 4 is 5.91 Å². The van der Waals surface area contributed by atoms with Gasteiger partial charge >= 0.3 is 0 Å². The second-order valence-corrected chi connectivity index (χ2v) is 5.45. The van der Waals surface area contributed by atoms with Crippen LogP contribution in [0.4, 0.5) is 0 Å². The fourth-order valence-electron chi connectivity index (χ4n) is 2.95. The monoisotopic (exact) mass is 285 g/mol. The molecule has 0 aliphatic heterocycles. The van der Waals surface area contributed by atoms with E-state index in [4.69, 9.17) is 4.52 Å². The van der Waals surface area contributed by atoms with Gasteiger partial charge in [0, 0.05) is 13.5 Å². The van der Waals surface area contributed by atoms with Gasteiger partial charge in [-0.15, -0.1) is 0 Å². The van der Waals surface area contributed by atoms with Crippen LogP contribution in [0.1, 0.15) is 41.6 Å². The van der Waals surface area contributed by atoms with Crippen molar-refractivity contribution in [1.82, 2.24) is 15.5 Å². The van der Waals surface area contributed by atoms with Gasteiger partial charge in [-0.25, -0.2) is 0 Å². The lowest BCUT2D eigenvalue weighted by atomic mass is 9.81. The number of carbonyl (C=O) groups excluding carboxylic acids is 1. The van der Waals surface area contributed by atoms with Gasteiger partial charge in [-0.05, 0) is 36.3 Å². The Morgan fingerprint density at radius 3 is 3.14 bits per heavy atom. The maximum absolute atomic E-state index is 11.3. The normalized spacial score (nSPS) is 17.3. The topological polar surface area (TPSA) is 68.0 Å². The van der Waals surface area contributed by atoms with Crippen LogP contribution in [-0.2, 0) is 24.1 Å². The molecule has 1 heterocycles. The van der Waals surface area contributed by atoms with Crippen LogP contribution >= 0.6 is 0 Å². The quantitative estimate of drug-likeness (QED) is 0.933. The van der Waals surface area contributed by atoms with E-state index in [9.17, 15) is 4.79 Å². The summed E-state index contributed by atoms with van der Waals surface area (Å²) in [5.74, 6) is 1.40. The van der Waals surface area contributed by atoms with Crippen LogP contribution in [0.3, 0.4) is 0 Å². The van der Waals surface area contributed by atoms with Crippen molar-refractivity contribution in [3.8, 4) is 0 Å². The van der Waals surface area contributed by atoms with Crippen LogP contribution in [-0.4, -0.2) is 23.1 Å². The minimum atomic E-state index is -0.106. The first kappa shape index (κ1) is 13.8. The molecule has 0 bridgehead atoms. The van der Waals surface area contributed by atoms with E-state index in [2.05, 4.69) is 39.7 Å². The van der Waals surface area contributed by atoms with Crippen molar-refractivity contribution < 1.29 is 9.32 Å². The average molecular weight is 285 g/mol. The number of rotatable bonds is 4. The maximum Gasteiger partial charge on any atom is 0.227 e. The third-order valence-electron chi connectivity index (χ3n) is 4.02. The SMILES string of the molecule is CNC(=O)Cc1noc(CC2CCCc3ccccc32)n1. The summed E-state index contributed by atoms with van der Waals surface area (Å²) in [7, 11) is 1.60. The summed E-state index contributed by atoms with van der Waals surface area (Å²) in [5, 5.41) is 6.44. The molecule has 0 saturated carbocycles. The number of nitrogens with zero attached hydrogens (tertiary/aromatic N) is 2. The number of amides is 1. The van der Waals surface area contributed by atoms with E-state index in [0.717, 1.165) is 19.3 Å². The summed E-state index contributed by atoms with van der Waals surface area (Å²) in [4.78, 5) is 15.6. The number of hydrogen-bond donors (Lipinski definition) is 1. The predicted molar refractivity (Wildman–Crippen MR) is 77.9 cm³/mol. The molecule has 1 aliphatic rings. The van der Waals surface area contributed by atoms with Gasteiger partial charge in [0.25, 0.3) is 0 Å². The van der Waals surface area contributed by atoms with E-state index in [1.807, 2.05) is 0 Å². The van der Waals surface area contributed by atoms with Gasteiger partial charge in [0.05, 0.1) is 6.42 Å². The molecular formula is C16H19N3O2. The lowest BCUT2D eigenvalue weighted by Crippen LogP contribution is -2.20. The molecule has 1 aromatic heterocycles. The highest BCUT2D eigenvalue weighted by Crippen LogP contribution is 2.33. The summed E-state index contributed by atoms with van der Waals surface area (Å²) >= 11 is 0. The highest BCUT2D eigenvalue weighted by Gasteiger charge is 2.22. The number of carbonyl (C=O) groups is 1. The summed E-state index contributed by atoms with van der Waals surface area (Å²) in [5.41, 5.74) is 2.83. The molecule has 5 nitrogen and oxygen atoms in total. The van der Waals surface area contributed by atoms with Crippen LogP contribution < -0.4 is 5.32 Å². The Labute approximate surface area is 123 Å². The molecule has 0 spiro atoms. The highest BCUT2D eigenvalue weighted by molar-refractivity contribution is 5.77. The molecule has 1 aliphatic carbocycles. The molecule has 110 valence electrons. The minimum Gasteiger partial charge on any atom is -0.359 e. The first-order valence-electron chi connectivity index (χ1n) is 7.36. The molecule has 1 amide bonds. The third-order valence-corrected chi connectivity index (χ3v) is 4.02. The summed E-state index contributed by atoms with van der Waals surface area (Å²) in [6.07, 6.45) is 4.41. The molecule has 0 fully saturated rings. The first-order chi connectivity index (χ1) is 10.3. The molecule has 1 aromatic carbocycles. The van der Waals surface area contributed by atoms with Crippen molar-refractivity contribution in [1.29, 1.82) is 0 Å². The van der Waals surface area contributed by atoms with E-state index < -0.39 is 0 Å². The fourth-order valence-corrected chi connectivity index (χ4v) is 2.95. The lowest BCUT2D eigenvalue weighted by Gasteiger charge is -2.24. The number of benzene rings is 1. The molecule has 1 N–H and O–H groups in total. The van der Waals surface area contributed by atoms with E-state index in [0.29, 0.717) is 17.6 Å². The van der Waals surface area contributed by atoms with Gasteiger partial charge in [-0.1, -0.05) is 29.4 Å². The Hall–Kier alpha value is -2.17. The Kier molecular flexibility index (Phi) is 3.99. The van der Waals surface area contributed by atoms with Gasteiger partial charge in [0.1, 0.15) is 0 Å². The van der Waals surface area contributed by atoms with Crippen LogP contribution in [0, 0.1) is 0 Å². The van der Waals surface area contributed by atoms with Crippen molar-refractivity contribution in [2.24, 2.45) is 0 Å². The van der Waals surface area contributed by atoms with Gasteiger partial charge < -0.3 is 9.84 Å². The number of hydrogen-bond acceptors (Lipinski definition) is 4. The van der Waals surface area contributed by atoms with Crippen LogP contribution in [0.5, 0.6) is 0 Å². The first-order valence-corrected chi connectivity index (χ1v) is 7.36. The fraction of sp³-hybridized carbons (Fsp3) is 0.438. The van der Waals surface area contributed by atoms with Gasteiger partial charge in [0.15, 0.2) is 5.82 Å².